The number of carbonyl (C=O) groups is 2. The number of carboxylic acid groups (broad SMARTS) is 1. The summed E-state index contributed by atoms with van der Waals surface area (Å²) in [6.45, 7) is 9.50. The summed E-state index contributed by atoms with van der Waals surface area (Å²) in [4.78, 5) is 23.7. The van der Waals surface area contributed by atoms with Gasteiger partial charge in [-0.15, -0.1) is 0 Å². The molecule has 2 fully saturated rings. The molecule has 3 unspecified atom stereocenters. The van der Waals surface area contributed by atoms with Crippen molar-refractivity contribution in [2.75, 3.05) is 13.1 Å². The van der Waals surface area contributed by atoms with E-state index in [-0.39, 0.29) is 29.2 Å². The van der Waals surface area contributed by atoms with Gasteiger partial charge in [0.1, 0.15) is 0 Å². The quantitative estimate of drug-likeness (QED) is 0.690. The summed E-state index contributed by atoms with van der Waals surface area (Å²) in [7, 11) is 0. The van der Waals surface area contributed by atoms with E-state index in [1.807, 2.05) is 27.7 Å². The third-order valence-electron chi connectivity index (χ3n) is 5.60. The van der Waals surface area contributed by atoms with Crippen LogP contribution in [0.25, 0.3) is 0 Å². The third-order valence-corrected chi connectivity index (χ3v) is 5.60. The minimum absolute atomic E-state index is 0.00655. The van der Waals surface area contributed by atoms with E-state index in [2.05, 4.69) is 10.6 Å². The van der Waals surface area contributed by atoms with E-state index >= 15 is 0 Å². The van der Waals surface area contributed by atoms with E-state index in [4.69, 9.17) is 0 Å². The fourth-order valence-electron chi connectivity index (χ4n) is 3.40. The second kappa shape index (κ2) is 5.79. The van der Waals surface area contributed by atoms with Gasteiger partial charge in [0.05, 0.1) is 5.92 Å². The van der Waals surface area contributed by atoms with E-state index in [1.165, 1.54) is 5.57 Å². The van der Waals surface area contributed by atoms with E-state index in [9.17, 15) is 14.7 Å². The molecular weight excluding hydrogens is 268 g/mol. The Labute approximate surface area is 126 Å². The average Bonchev–Trinajstić information content (AvgIpc) is 2.32. The fourth-order valence-corrected chi connectivity index (χ4v) is 3.40. The van der Waals surface area contributed by atoms with Crippen LogP contribution < -0.4 is 10.6 Å². The van der Waals surface area contributed by atoms with Crippen LogP contribution in [0.5, 0.6) is 0 Å². The molecule has 2 rings (SSSR count). The van der Waals surface area contributed by atoms with E-state index in [1.54, 1.807) is 0 Å². The highest BCUT2D eigenvalue weighted by atomic mass is 16.4. The van der Waals surface area contributed by atoms with Gasteiger partial charge in [-0.05, 0) is 36.7 Å². The monoisotopic (exact) mass is 294 g/mol. The summed E-state index contributed by atoms with van der Waals surface area (Å²) in [6, 6.07) is 0.0479. The zero-order valence-corrected chi connectivity index (χ0v) is 13.3. The Bertz CT molecular complexity index is 476. The highest BCUT2D eigenvalue weighted by Gasteiger charge is 2.46. The lowest BCUT2D eigenvalue weighted by Crippen LogP contribution is -2.52. The summed E-state index contributed by atoms with van der Waals surface area (Å²) >= 11 is 0. The Hall–Kier alpha value is -1.36. The molecule has 118 valence electrons. The summed E-state index contributed by atoms with van der Waals surface area (Å²) in [5.41, 5.74) is 1.65. The van der Waals surface area contributed by atoms with Gasteiger partial charge in [-0.25, -0.2) is 0 Å². The lowest BCUT2D eigenvalue weighted by Gasteiger charge is -2.46. The number of carboxylic acids is 1. The number of carbonyl (C=O) groups excluding carboxylic acids is 1. The number of hydrogen-bond donors (Lipinski definition) is 3. The molecule has 0 aromatic heterocycles. The second-order valence-corrected chi connectivity index (χ2v) is 6.99. The Morgan fingerprint density at radius 1 is 1.29 bits per heavy atom. The van der Waals surface area contributed by atoms with Crippen molar-refractivity contribution in [2.24, 2.45) is 17.3 Å². The molecule has 1 aliphatic carbocycles. The van der Waals surface area contributed by atoms with Crippen molar-refractivity contribution in [3.8, 4) is 0 Å². The van der Waals surface area contributed by atoms with Crippen LogP contribution in [0.3, 0.4) is 0 Å². The molecule has 0 radical (unpaired) electrons. The van der Waals surface area contributed by atoms with Crippen LogP contribution in [0, 0.1) is 17.3 Å². The molecule has 3 atom stereocenters. The first-order valence-corrected chi connectivity index (χ1v) is 7.68. The molecular formula is C16H26N2O3. The van der Waals surface area contributed by atoms with Crippen LogP contribution in [-0.4, -0.2) is 36.1 Å². The predicted molar refractivity (Wildman–Crippen MR) is 80.8 cm³/mol. The Morgan fingerprint density at radius 3 is 2.38 bits per heavy atom. The Balaban J connectivity index is 2.05. The molecule has 1 saturated carbocycles. The Morgan fingerprint density at radius 2 is 1.90 bits per heavy atom. The minimum atomic E-state index is -0.726. The standard InChI is InChI=1S/C16H26N2O3/c1-9(11-7-17-8-11)14(19)18-13-6-5-12(15(20)21)16(3,4)10(13)2/h10,12-13,17H,5-8H2,1-4H3,(H,18,19)(H,20,21). The molecule has 5 heteroatoms. The molecule has 1 heterocycles. The fraction of sp³-hybridized carbons (Fsp3) is 0.750. The van der Waals surface area contributed by atoms with E-state index in [0.29, 0.717) is 6.42 Å². The zero-order valence-electron chi connectivity index (χ0n) is 13.3. The van der Waals surface area contributed by atoms with Crippen LogP contribution in [0.1, 0.15) is 40.5 Å². The van der Waals surface area contributed by atoms with Gasteiger partial charge in [-0.3, -0.25) is 9.59 Å². The van der Waals surface area contributed by atoms with Gasteiger partial charge in [0.15, 0.2) is 0 Å². The van der Waals surface area contributed by atoms with Gasteiger partial charge >= 0.3 is 5.97 Å². The first kappa shape index (κ1) is 16.0. The molecule has 3 N–H and O–H groups in total. The third kappa shape index (κ3) is 2.98. The van der Waals surface area contributed by atoms with Crippen molar-refractivity contribution in [3.63, 3.8) is 0 Å². The first-order chi connectivity index (χ1) is 9.75. The number of rotatable bonds is 3. The maximum Gasteiger partial charge on any atom is 0.307 e. The lowest BCUT2D eigenvalue weighted by atomic mass is 9.61. The summed E-state index contributed by atoms with van der Waals surface area (Å²) in [6.07, 6.45) is 1.35. The predicted octanol–water partition coefficient (Wildman–Crippen LogP) is 1.55. The first-order valence-electron chi connectivity index (χ1n) is 7.68. The van der Waals surface area contributed by atoms with Crippen LogP contribution in [-0.2, 0) is 9.59 Å². The van der Waals surface area contributed by atoms with Gasteiger partial charge in [0, 0.05) is 24.7 Å². The van der Waals surface area contributed by atoms with Crippen LogP contribution in [0.4, 0.5) is 0 Å². The maximum absolute atomic E-state index is 12.3. The molecule has 0 aromatic rings. The van der Waals surface area contributed by atoms with Gasteiger partial charge in [0.2, 0.25) is 5.91 Å². The lowest BCUT2D eigenvalue weighted by molar-refractivity contribution is -0.150. The molecule has 0 spiro atoms. The van der Waals surface area contributed by atoms with Crippen LogP contribution in [0.15, 0.2) is 11.1 Å². The van der Waals surface area contributed by atoms with Gasteiger partial charge in [0.25, 0.3) is 0 Å². The summed E-state index contributed by atoms with van der Waals surface area (Å²) in [5, 5.41) is 15.6. The van der Waals surface area contributed by atoms with Crippen molar-refractivity contribution in [1.82, 2.24) is 10.6 Å². The number of hydrogen-bond acceptors (Lipinski definition) is 3. The molecule has 0 bridgehead atoms. The van der Waals surface area contributed by atoms with Crippen molar-refractivity contribution < 1.29 is 14.7 Å². The maximum atomic E-state index is 12.3. The van der Waals surface area contributed by atoms with E-state index in [0.717, 1.165) is 25.1 Å². The molecule has 2 aliphatic rings. The topological polar surface area (TPSA) is 78.4 Å². The second-order valence-electron chi connectivity index (χ2n) is 6.99. The molecule has 21 heavy (non-hydrogen) atoms. The zero-order chi connectivity index (χ0) is 15.8. The van der Waals surface area contributed by atoms with E-state index < -0.39 is 5.97 Å². The highest BCUT2D eigenvalue weighted by Crippen LogP contribution is 2.45. The average molecular weight is 294 g/mol. The van der Waals surface area contributed by atoms with Crippen molar-refractivity contribution >= 4 is 11.9 Å². The van der Waals surface area contributed by atoms with Crippen LogP contribution in [0.2, 0.25) is 0 Å². The van der Waals surface area contributed by atoms with Crippen molar-refractivity contribution in [1.29, 1.82) is 0 Å². The van der Waals surface area contributed by atoms with Crippen molar-refractivity contribution in [3.05, 3.63) is 11.1 Å². The Kier molecular flexibility index (Phi) is 4.42. The minimum Gasteiger partial charge on any atom is -0.481 e. The van der Waals surface area contributed by atoms with Crippen LogP contribution >= 0.6 is 0 Å². The molecule has 1 aliphatic heterocycles. The number of amides is 1. The molecule has 1 amide bonds. The highest BCUT2D eigenvalue weighted by molar-refractivity contribution is 5.94. The van der Waals surface area contributed by atoms with Gasteiger partial charge in [-0.1, -0.05) is 20.8 Å². The number of aliphatic carboxylic acids is 1. The van der Waals surface area contributed by atoms with Gasteiger partial charge in [-0.2, -0.15) is 0 Å². The smallest absolute Gasteiger partial charge is 0.307 e. The molecule has 0 aromatic carbocycles. The SMILES string of the molecule is CC(C(=O)NC1CCC(C(=O)O)C(C)(C)C1C)=C1CNC1. The van der Waals surface area contributed by atoms with Crippen molar-refractivity contribution in [2.45, 2.75) is 46.6 Å². The van der Waals surface area contributed by atoms with Gasteiger partial charge < -0.3 is 15.7 Å². The normalized spacial score (nSPS) is 31.2. The summed E-state index contributed by atoms with van der Waals surface area (Å²) < 4.78 is 0. The largest absolute Gasteiger partial charge is 0.481 e. The number of nitrogens with one attached hydrogen (secondary N) is 2. The molecule has 5 nitrogen and oxygen atoms in total. The molecule has 1 saturated heterocycles. The summed E-state index contributed by atoms with van der Waals surface area (Å²) in [5.74, 6) is -0.937.